The molecule has 0 unspecified atom stereocenters. The number of halogens is 4. The van der Waals surface area contributed by atoms with Crippen molar-refractivity contribution in [2.24, 2.45) is 5.92 Å². The third-order valence-electron chi connectivity index (χ3n) is 2.88. The Hall–Kier alpha value is -1.30. The number of benzene rings is 1. The number of rotatable bonds is 4. The molecule has 1 aromatic heterocycles. The van der Waals surface area contributed by atoms with Crippen molar-refractivity contribution < 1.29 is 17.6 Å². The molecule has 0 fully saturated rings. The van der Waals surface area contributed by atoms with E-state index in [1.807, 2.05) is 0 Å². The monoisotopic (exact) mass is 359 g/mol. The Balaban J connectivity index is 2.22. The van der Waals surface area contributed by atoms with Crippen LogP contribution in [-0.4, -0.2) is 4.98 Å². The van der Waals surface area contributed by atoms with Crippen LogP contribution in [0.3, 0.4) is 0 Å². The van der Waals surface area contributed by atoms with E-state index in [1.165, 1.54) is 12.1 Å². The lowest BCUT2D eigenvalue weighted by Gasteiger charge is -2.06. The summed E-state index contributed by atoms with van der Waals surface area (Å²) in [5, 5.41) is 0. The number of hydrogen-bond donors (Lipinski definition) is 0. The first-order valence-corrected chi connectivity index (χ1v) is 7.05. The summed E-state index contributed by atoms with van der Waals surface area (Å²) in [4.78, 5) is 4.29. The van der Waals surface area contributed by atoms with Gasteiger partial charge in [-0.3, -0.25) is 0 Å². The lowest BCUT2D eigenvalue weighted by molar-refractivity contribution is -0.137. The molecule has 0 N–H and O–H groups in total. The van der Waals surface area contributed by atoms with Crippen molar-refractivity contribution in [3.05, 3.63) is 54.2 Å². The third kappa shape index (κ3) is 4.09. The predicted octanol–water partition coefficient (Wildman–Crippen LogP) is 5.34. The van der Waals surface area contributed by atoms with Crippen LogP contribution in [0, 0.1) is 19.8 Å². The summed E-state index contributed by atoms with van der Waals surface area (Å²) in [6.07, 6.45) is -3.04. The summed E-state index contributed by atoms with van der Waals surface area (Å²) in [6, 6.07) is 4.80. The van der Waals surface area contributed by atoms with Gasteiger partial charge in [-0.15, -0.1) is 0 Å². The van der Waals surface area contributed by atoms with Crippen molar-refractivity contribution in [3.8, 4) is 11.3 Å². The summed E-state index contributed by atoms with van der Waals surface area (Å²) in [5.41, 5.74) is 0.358. The van der Waals surface area contributed by atoms with Crippen LogP contribution >= 0.6 is 15.9 Å². The third-order valence-corrected chi connectivity index (χ3v) is 3.42. The molecule has 21 heavy (non-hydrogen) atoms. The second kappa shape index (κ2) is 6.22. The van der Waals surface area contributed by atoms with Gasteiger partial charge in [0, 0.05) is 12.0 Å². The second-order valence-electron chi connectivity index (χ2n) is 4.71. The van der Waals surface area contributed by atoms with Gasteiger partial charge in [0.1, 0.15) is 5.69 Å². The summed E-state index contributed by atoms with van der Waals surface area (Å²) in [6.45, 7) is 7.55. The first kappa shape index (κ1) is 16.1. The zero-order valence-corrected chi connectivity index (χ0v) is 12.7. The van der Waals surface area contributed by atoms with Gasteiger partial charge in [0.2, 0.25) is 0 Å². The van der Waals surface area contributed by atoms with Gasteiger partial charge in [-0.05, 0) is 40.4 Å². The van der Waals surface area contributed by atoms with E-state index in [2.05, 4.69) is 34.8 Å². The smallest absolute Gasteiger partial charge is 0.416 e. The lowest BCUT2D eigenvalue weighted by atomic mass is 10.1. The Morgan fingerprint density at radius 1 is 1.19 bits per heavy atom. The first-order chi connectivity index (χ1) is 9.77. The number of alkyl halides is 3. The number of oxazole rings is 1. The summed E-state index contributed by atoms with van der Waals surface area (Å²) in [7, 11) is 0. The largest absolute Gasteiger partial charge is 0.433 e. The Morgan fingerprint density at radius 3 is 2.33 bits per heavy atom. The summed E-state index contributed by atoms with van der Waals surface area (Å²) in [5.74, 6) is 0.541. The van der Waals surface area contributed by atoms with Gasteiger partial charge in [-0.1, -0.05) is 26.0 Å². The number of aryl methyl sites for hydroxylation is 1. The fraction of sp³-hybridized carbons (Fsp3) is 0.267. The van der Waals surface area contributed by atoms with Crippen LogP contribution in [0.4, 0.5) is 13.2 Å². The predicted molar refractivity (Wildman–Crippen MR) is 77.2 cm³/mol. The Morgan fingerprint density at radius 2 is 1.81 bits per heavy atom. The maximum Gasteiger partial charge on any atom is 0.416 e. The minimum absolute atomic E-state index is 0.0326. The number of aromatic nitrogens is 1. The Labute approximate surface area is 129 Å². The first-order valence-electron chi connectivity index (χ1n) is 6.26. The average Bonchev–Trinajstić information content (AvgIpc) is 2.77. The molecular formula is C15H13BrF3NO. The molecule has 2 radical (unpaired) electrons. The second-order valence-corrected chi connectivity index (χ2v) is 5.43. The van der Waals surface area contributed by atoms with E-state index in [-0.39, 0.29) is 5.92 Å². The Bertz CT molecular complexity index is 602. The summed E-state index contributed by atoms with van der Waals surface area (Å²) < 4.78 is 43.4. The minimum atomic E-state index is -4.35. The van der Waals surface area contributed by atoms with Gasteiger partial charge in [-0.25, -0.2) is 4.98 Å². The Kier molecular flexibility index (Phi) is 4.76. The van der Waals surface area contributed by atoms with E-state index in [0.29, 0.717) is 28.2 Å². The highest BCUT2D eigenvalue weighted by Crippen LogP contribution is 2.33. The van der Waals surface area contributed by atoms with Crippen molar-refractivity contribution in [3.63, 3.8) is 0 Å². The van der Waals surface area contributed by atoms with Crippen molar-refractivity contribution in [1.29, 1.82) is 0 Å². The van der Waals surface area contributed by atoms with E-state index >= 15 is 0 Å². The van der Waals surface area contributed by atoms with E-state index in [9.17, 15) is 13.2 Å². The molecule has 0 aliphatic heterocycles. The van der Waals surface area contributed by atoms with Gasteiger partial charge in [-0.2, -0.15) is 13.2 Å². The van der Waals surface area contributed by atoms with Crippen molar-refractivity contribution in [2.45, 2.75) is 19.0 Å². The number of nitrogens with zero attached hydrogens (tertiary/aromatic N) is 1. The molecule has 0 saturated heterocycles. The van der Waals surface area contributed by atoms with E-state index in [0.717, 1.165) is 18.6 Å². The summed E-state index contributed by atoms with van der Waals surface area (Å²) >= 11 is 3.24. The van der Waals surface area contributed by atoms with Crippen molar-refractivity contribution >= 4 is 15.9 Å². The lowest BCUT2D eigenvalue weighted by Crippen LogP contribution is -2.04. The van der Waals surface area contributed by atoms with Crippen LogP contribution in [-0.2, 0) is 12.6 Å². The van der Waals surface area contributed by atoms with Gasteiger partial charge >= 0.3 is 6.18 Å². The van der Waals surface area contributed by atoms with Crippen LogP contribution in [0.1, 0.15) is 17.9 Å². The fourth-order valence-electron chi connectivity index (χ4n) is 1.77. The molecule has 0 amide bonds. The molecule has 0 aliphatic rings. The van der Waals surface area contributed by atoms with Crippen molar-refractivity contribution in [1.82, 2.24) is 4.98 Å². The van der Waals surface area contributed by atoms with Gasteiger partial charge < -0.3 is 4.42 Å². The topological polar surface area (TPSA) is 26.0 Å². The zero-order chi connectivity index (χ0) is 15.6. The standard InChI is InChI=1S/C15H13BrF3NO/c1-9(2)3-8-12-20-13(14(16)21-12)10-4-6-11(7-5-10)15(17,18)19/h4-7,9H,1-3,8H2. The molecule has 2 rings (SSSR count). The van der Waals surface area contributed by atoms with Crippen LogP contribution in [0.15, 0.2) is 33.4 Å². The molecule has 1 aromatic carbocycles. The maximum atomic E-state index is 12.5. The van der Waals surface area contributed by atoms with Crippen LogP contribution in [0.25, 0.3) is 11.3 Å². The highest BCUT2D eigenvalue weighted by Gasteiger charge is 2.30. The van der Waals surface area contributed by atoms with Crippen LogP contribution in [0.5, 0.6) is 0 Å². The molecule has 0 atom stereocenters. The quantitative estimate of drug-likeness (QED) is 0.736. The minimum Gasteiger partial charge on any atom is -0.433 e. The molecule has 6 heteroatoms. The van der Waals surface area contributed by atoms with Gasteiger partial charge in [0.05, 0.1) is 5.56 Å². The molecule has 0 saturated carbocycles. The van der Waals surface area contributed by atoms with Crippen LogP contribution in [0.2, 0.25) is 0 Å². The van der Waals surface area contributed by atoms with Crippen LogP contribution < -0.4 is 0 Å². The molecule has 0 spiro atoms. The highest BCUT2D eigenvalue weighted by molar-refractivity contribution is 9.10. The van der Waals surface area contributed by atoms with Gasteiger partial charge in [0.15, 0.2) is 10.6 Å². The molecule has 0 aliphatic carbocycles. The molecule has 0 bridgehead atoms. The molecule has 1 heterocycles. The SMILES string of the molecule is [CH2]C([CH2])CCc1nc(-c2ccc(C(F)(F)F)cc2)c(Br)o1. The number of hydrogen-bond acceptors (Lipinski definition) is 2. The maximum absolute atomic E-state index is 12.5. The van der Waals surface area contributed by atoms with Gasteiger partial charge in [0.25, 0.3) is 0 Å². The molecule has 2 aromatic rings. The van der Waals surface area contributed by atoms with Crippen molar-refractivity contribution in [2.75, 3.05) is 0 Å². The van der Waals surface area contributed by atoms with E-state index < -0.39 is 11.7 Å². The fourth-order valence-corrected chi connectivity index (χ4v) is 2.28. The molecular weight excluding hydrogens is 347 g/mol. The normalized spacial score (nSPS) is 12.1. The van der Waals surface area contributed by atoms with E-state index in [4.69, 9.17) is 4.42 Å². The van der Waals surface area contributed by atoms with E-state index in [1.54, 1.807) is 0 Å². The molecule has 112 valence electrons. The zero-order valence-electron chi connectivity index (χ0n) is 11.1. The highest BCUT2D eigenvalue weighted by atomic mass is 79.9. The average molecular weight is 360 g/mol. The molecule has 2 nitrogen and oxygen atoms in total.